The average Bonchev–Trinajstić information content (AvgIpc) is 2.75. The van der Waals surface area contributed by atoms with Gasteiger partial charge in [0.2, 0.25) is 10.0 Å². The second kappa shape index (κ2) is 11.1. The molecule has 0 unspecified atom stereocenters. The van der Waals surface area contributed by atoms with E-state index in [4.69, 9.17) is 0 Å². The first kappa shape index (κ1) is 24.6. The summed E-state index contributed by atoms with van der Waals surface area (Å²) < 4.78 is 26.4. The Labute approximate surface area is 184 Å². The Hall–Kier alpha value is -2.71. The lowest BCUT2D eigenvalue weighted by Crippen LogP contribution is -2.36. The first-order chi connectivity index (χ1) is 14.7. The zero-order valence-corrected chi connectivity index (χ0v) is 19.3. The molecule has 7 nitrogen and oxygen atoms in total. The molecule has 0 spiro atoms. The highest BCUT2D eigenvalue weighted by atomic mass is 32.2. The molecule has 2 aromatic rings. The molecule has 0 saturated heterocycles. The van der Waals surface area contributed by atoms with Gasteiger partial charge in [-0.1, -0.05) is 52.0 Å². The predicted molar refractivity (Wildman–Crippen MR) is 122 cm³/mol. The molecule has 31 heavy (non-hydrogen) atoms. The molecule has 168 valence electrons. The molecule has 0 radical (unpaired) electrons. The normalized spacial score (nSPS) is 11.5. The topological polar surface area (TPSA) is 95.6 Å². The van der Waals surface area contributed by atoms with Crippen molar-refractivity contribution in [1.29, 1.82) is 0 Å². The lowest BCUT2D eigenvalue weighted by Gasteiger charge is -2.18. The van der Waals surface area contributed by atoms with E-state index in [1.165, 1.54) is 4.31 Å². The van der Waals surface area contributed by atoms with E-state index >= 15 is 0 Å². The second-order valence-corrected chi connectivity index (χ2v) is 9.41. The molecule has 0 heterocycles. The summed E-state index contributed by atoms with van der Waals surface area (Å²) in [6.45, 7) is 8.86. The number of benzene rings is 2. The quantitative estimate of drug-likeness (QED) is 0.580. The van der Waals surface area contributed by atoms with Crippen LogP contribution in [-0.4, -0.2) is 44.2 Å². The molecule has 2 rings (SSSR count). The number of carbonyl (C=O) groups excluding carboxylic acids is 2. The van der Waals surface area contributed by atoms with Gasteiger partial charge in [-0.15, -0.1) is 0 Å². The van der Waals surface area contributed by atoms with Crippen molar-refractivity contribution in [2.24, 2.45) is 0 Å². The van der Waals surface area contributed by atoms with Gasteiger partial charge >= 0.3 is 11.8 Å². The van der Waals surface area contributed by atoms with E-state index in [1.807, 2.05) is 12.1 Å². The van der Waals surface area contributed by atoms with Crippen molar-refractivity contribution < 1.29 is 18.0 Å². The molecule has 2 aromatic carbocycles. The van der Waals surface area contributed by atoms with Crippen LogP contribution in [0.4, 0.5) is 5.69 Å². The van der Waals surface area contributed by atoms with Crippen molar-refractivity contribution in [3.8, 4) is 0 Å². The average molecular weight is 446 g/mol. The number of hydrogen-bond acceptors (Lipinski definition) is 4. The summed E-state index contributed by atoms with van der Waals surface area (Å²) in [6, 6.07) is 14.0. The lowest BCUT2D eigenvalue weighted by atomic mass is 10.0. The van der Waals surface area contributed by atoms with Crippen LogP contribution < -0.4 is 10.6 Å². The third-order valence-corrected chi connectivity index (χ3v) is 7.07. The molecule has 8 heteroatoms. The van der Waals surface area contributed by atoms with E-state index in [0.29, 0.717) is 31.1 Å². The Morgan fingerprint density at radius 2 is 1.48 bits per heavy atom. The number of carbonyl (C=O) groups is 2. The van der Waals surface area contributed by atoms with Gasteiger partial charge in [0.1, 0.15) is 0 Å². The molecule has 0 bridgehead atoms. The Kier molecular flexibility index (Phi) is 8.76. The third kappa shape index (κ3) is 6.63. The van der Waals surface area contributed by atoms with Gasteiger partial charge in [-0.2, -0.15) is 4.31 Å². The largest absolute Gasteiger partial charge is 0.347 e. The van der Waals surface area contributed by atoms with Crippen molar-refractivity contribution in [3.05, 3.63) is 59.7 Å². The van der Waals surface area contributed by atoms with E-state index in [-0.39, 0.29) is 11.4 Å². The zero-order valence-electron chi connectivity index (χ0n) is 18.5. The molecule has 2 N–H and O–H groups in total. The van der Waals surface area contributed by atoms with Crippen LogP contribution in [0.2, 0.25) is 0 Å². The second-order valence-electron chi connectivity index (χ2n) is 7.47. The Morgan fingerprint density at radius 3 is 2.00 bits per heavy atom. The monoisotopic (exact) mass is 445 g/mol. The maximum Gasteiger partial charge on any atom is 0.313 e. The van der Waals surface area contributed by atoms with Crippen molar-refractivity contribution in [2.45, 2.75) is 44.9 Å². The van der Waals surface area contributed by atoms with Crippen molar-refractivity contribution in [3.63, 3.8) is 0 Å². The first-order valence-corrected chi connectivity index (χ1v) is 11.9. The predicted octanol–water partition coefficient (Wildman–Crippen LogP) is 3.14. The molecular weight excluding hydrogens is 414 g/mol. The van der Waals surface area contributed by atoms with E-state index in [2.05, 4.69) is 24.5 Å². The van der Waals surface area contributed by atoms with Gasteiger partial charge in [-0.3, -0.25) is 9.59 Å². The minimum absolute atomic E-state index is 0.242. The van der Waals surface area contributed by atoms with Gasteiger partial charge in [0.05, 0.1) is 4.90 Å². The van der Waals surface area contributed by atoms with Crippen LogP contribution in [0.5, 0.6) is 0 Å². The fourth-order valence-electron chi connectivity index (χ4n) is 3.08. The van der Waals surface area contributed by atoms with E-state index < -0.39 is 21.8 Å². The van der Waals surface area contributed by atoms with Gasteiger partial charge in [0, 0.05) is 25.3 Å². The summed E-state index contributed by atoms with van der Waals surface area (Å²) in [5, 5.41) is 5.16. The molecular formula is C23H31N3O4S. The number of sulfonamides is 1. The number of rotatable bonds is 9. The van der Waals surface area contributed by atoms with Crippen LogP contribution in [0.3, 0.4) is 0 Å². The van der Waals surface area contributed by atoms with Crippen LogP contribution in [-0.2, 0) is 26.0 Å². The highest BCUT2D eigenvalue weighted by Crippen LogP contribution is 2.17. The van der Waals surface area contributed by atoms with E-state index in [0.717, 1.165) is 11.1 Å². The van der Waals surface area contributed by atoms with Crippen LogP contribution in [0.25, 0.3) is 0 Å². The maximum absolute atomic E-state index is 12.5. The van der Waals surface area contributed by atoms with Crippen molar-refractivity contribution in [2.75, 3.05) is 25.0 Å². The molecule has 0 aliphatic carbocycles. The molecule has 0 aromatic heterocycles. The van der Waals surface area contributed by atoms with E-state index in [9.17, 15) is 18.0 Å². The Balaban J connectivity index is 1.85. The van der Waals surface area contributed by atoms with Crippen LogP contribution in [0, 0.1) is 0 Å². The van der Waals surface area contributed by atoms with Gasteiger partial charge in [-0.25, -0.2) is 8.42 Å². The summed E-state index contributed by atoms with van der Waals surface area (Å²) in [4.78, 5) is 24.3. The zero-order chi connectivity index (χ0) is 23.0. The number of hydrogen-bond donors (Lipinski definition) is 2. The molecule has 0 fully saturated rings. The Morgan fingerprint density at radius 1 is 0.903 bits per heavy atom. The molecule has 0 saturated carbocycles. The van der Waals surface area contributed by atoms with Crippen molar-refractivity contribution in [1.82, 2.24) is 9.62 Å². The van der Waals surface area contributed by atoms with Crippen LogP contribution in [0.1, 0.15) is 44.7 Å². The van der Waals surface area contributed by atoms with Gasteiger partial charge < -0.3 is 10.6 Å². The smallest absolute Gasteiger partial charge is 0.313 e. The highest BCUT2D eigenvalue weighted by Gasteiger charge is 2.21. The minimum Gasteiger partial charge on any atom is -0.347 e. The molecule has 0 atom stereocenters. The lowest BCUT2D eigenvalue weighted by molar-refractivity contribution is -0.136. The Bertz CT molecular complexity index is 980. The van der Waals surface area contributed by atoms with E-state index in [1.54, 1.807) is 50.2 Å². The van der Waals surface area contributed by atoms with Crippen LogP contribution in [0.15, 0.2) is 53.4 Å². The number of nitrogens with one attached hydrogen (secondary N) is 2. The summed E-state index contributed by atoms with van der Waals surface area (Å²) in [5.41, 5.74) is 2.58. The summed E-state index contributed by atoms with van der Waals surface area (Å²) >= 11 is 0. The van der Waals surface area contributed by atoms with Gasteiger partial charge in [-0.05, 0) is 47.7 Å². The summed E-state index contributed by atoms with van der Waals surface area (Å²) in [7, 11) is -3.49. The van der Waals surface area contributed by atoms with Crippen LogP contribution >= 0.6 is 0 Å². The summed E-state index contributed by atoms with van der Waals surface area (Å²) in [5.74, 6) is -1.05. The fraction of sp³-hybridized carbons (Fsp3) is 0.391. The standard InChI is InChI=1S/C23H31N3O4S/c1-5-26(6-2)31(29,30)21-13-7-18(8-14-21)15-16-24-22(27)23(28)25-20-11-9-19(10-12-20)17(3)4/h7-14,17H,5-6,15-16H2,1-4H3,(H,24,27)(H,25,28). The summed E-state index contributed by atoms with van der Waals surface area (Å²) in [6.07, 6.45) is 0.480. The number of amides is 2. The maximum atomic E-state index is 12.5. The number of anilines is 1. The fourth-order valence-corrected chi connectivity index (χ4v) is 4.54. The third-order valence-electron chi connectivity index (χ3n) is 5.01. The molecule has 0 aliphatic heterocycles. The van der Waals surface area contributed by atoms with Crippen molar-refractivity contribution >= 4 is 27.5 Å². The molecule has 2 amide bonds. The molecule has 0 aliphatic rings. The van der Waals surface area contributed by atoms with Gasteiger partial charge in [0.15, 0.2) is 0 Å². The SMILES string of the molecule is CCN(CC)S(=O)(=O)c1ccc(CCNC(=O)C(=O)Nc2ccc(C(C)C)cc2)cc1. The number of nitrogens with zero attached hydrogens (tertiary/aromatic N) is 1. The highest BCUT2D eigenvalue weighted by molar-refractivity contribution is 7.89. The van der Waals surface area contributed by atoms with Gasteiger partial charge in [0.25, 0.3) is 0 Å². The minimum atomic E-state index is -3.49. The first-order valence-electron chi connectivity index (χ1n) is 10.5.